The van der Waals surface area contributed by atoms with Gasteiger partial charge in [0.2, 0.25) is 0 Å². The van der Waals surface area contributed by atoms with Gasteiger partial charge in [0.25, 0.3) is 0 Å². The number of nitrogens with zero attached hydrogens (tertiary/aromatic N) is 2. The molecule has 1 unspecified atom stereocenters. The molecule has 0 aliphatic rings. The second-order valence-electron chi connectivity index (χ2n) is 0.570. The maximum atomic E-state index is 7.87. The van der Waals surface area contributed by atoms with Crippen LogP contribution in [-0.2, 0) is 0 Å². The molecule has 2 nitrogen and oxygen atoms in total. The highest BCUT2D eigenvalue weighted by Gasteiger charge is 1.88. The van der Waals surface area contributed by atoms with E-state index in [0.29, 0.717) is 0 Å². The Balaban J connectivity index is 3.40. The van der Waals surface area contributed by atoms with E-state index in [1.165, 1.54) is 0 Å². The average molecular weight is 116 g/mol. The fourth-order valence-electron chi connectivity index (χ4n) is 0.0224. The summed E-state index contributed by atoms with van der Waals surface area (Å²) < 4.78 is 0. The van der Waals surface area contributed by atoms with Gasteiger partial charge in [-0.15, -0.1) is 0 Å². The van der Waals surface area contributed by atoms with Crippen molar-refractivity contribution in [1.82, 2.24) is 0 Å². The lowest BCUT2D eigenvalue weighted by Gasteiger charge is -1.72. The van der Waals surface area contributed by atoms with Crippen LogP contribution >= 0.6 is 16.5 Å². The molecule has 6 heavy (non-hydrogen) atoms. The minimum atomic E-state index is -1.05. The van der Waals surface area contributed by atoms with Crippen molar-refractivity contribution in [1.29, 1.82) is 10.5 Å². The normalized spacial score (nSPS) is 6.67. The number of nitriles is 2. The van der Waals surface area contributed by atoms with Gasteiger partial charge in [-0.05, 0) is 0 Å². The standard InChI is InChI=1S/C2H2N2P2/c3-1-6(5)2-4/h5H2. The summed E-state index contributed by atoms with van der Waals surface area (Å²) in [4.78, 5) is 0. The highest BCUT2D eigenvalue weighted by molar-refractivity contribution is 8.18. The van der Waals surface area contributed by atoms with Crippen LogP contribution in [0.2, 0.25) is 0 Å². The van der Waals surface area contributed by atoms with Crippen molar-refractivity contribution in [2.75, 3.05) is 0 Å². The van der Waals surface area contributed by atoms with E-state index in [1.54, 1.807) is 11.6 Å². The molecule has 0 bridgehead atoms. The van der Waals surface area contributed by atoms with Gasteiger partial charge >= 0.3 is 0 Å². The third kappa shape index (κ3) is 2.10. The van der Waals surface area contributed by atoms with Crippen molar-refractivity contribution in [2.24, 2.45) is 0 Å². The minimum absolute atomic E-state index is 1.05. The van der Waals surface area contributed by atoms with Crippen molar-refractivity contribution in [3.8, 4) is 11.6 Å². The monoisotopic (exact) mass is 116 g/mol. The van der Waals surface area contributed by atoms with Gasteiger partial charge in [0.1, 0.15) is 19.2 Å². The summed E-state index contributed by atoms with van der Waals surface area (Å²) >= 11 is 0. The topological polar surface area (TPSA) is 47.6 Å². The van der Waals surface area contributed by atoms with E-state index < -0.39 is 7.61 Å². The summed E-state index contributed by atoms with van der Waals surface area (Å²) in [5, 5.41) is 15.7. The summed E-state index contributed by atoms with van der Waals surface area (Å²) in [5.74, 6) is 3.56. The Kier molecular flexibility index (Phi) is 2.97. The predicted octanol–water partition coefficient (Wildman–Crippen LogP) is 1.22. The number of rotatable bonds is 0. The SMILES string of the molecule is N#CP(P)C#N. The molecule has 4 heteroatoms. The third-order valence-corrected chi connectivity index (χ3v) is 1.34. The van der Waals surface area contributed by atoms with Crippen molar-refractivity contribution >= 4 is 16.5 Å². The van der Waals surface area contributed by atoms with Gasteiger partial charge in [0.05, 0.1) is 0 Å². The van der Waals surface area contributed by atoms with Gasteiger partial charge in [-0.3, -0.25) is 0 Å². The molecule has 0 aromatic heterocycles. The highest BCUT2D eigenvalue weighted by atomic mass is 32.0. The maximum Gasteiger partial charge on any atom is 0.127 e. The minimum Gasteiger partial charge on any atom is -0.192 e. The van der Waals surface area contributed by atoms with Crippen molar-refractivity contribution in [2.45, 2.75) is 0 Å². The molecule has 0 N–H and O–H groups in total. The second-order valence-corrected chi connectivity index (χ2v) is 3.26. The molecule has 0 aromatic rings. The van der Waals surface area contributed by atoms with E-state index in [9.17, 15) is 0 Å². The molecule has 0 aromatic carbocycles. The molecular weight excluding hydrogens is 114 g/mol. The first-order valence-corrected chi connectivity index (χ1v) is 4.11. The first-order chi connectivity index (χ1) is 2.81. The molecule has 1 atom stereocenters. The molecule has 0 aliphatic heterocycles. The molecule has 0 heterocycles. The molecule has 0 saturated carbocycles. The van der Waals surface area contributed by atoms with Crippen LogP contribution in [-0.4, -0.2) is 0 Å². The van der Waals surface area contributed by atoms with Crippen LogP contribution in [0.15, 0.2) is 0 Å². The van der Waals surface area contributed by atoms with E-state index in [4.69, 9.17) is 10.5 Å². The van der Waals surface area contributed by atoms with E-state index >= 15 is 0 Å². The molecule has 0 spiro atoms. The van der Waals surface area contributed by atoms with Crippen LogP contribution in [0.1, 0.15) is 0 Å². The molecular formula is C2H2N2P2. The fourth-order valence-corrected chi connectivity index (χ4v) is 0.0671. The highest BCUT2D eigenvalue weighted by Crippen LogP contribution is 2.40. The summed E-state index contributed by atoms with van der Waals surface area (Å²) in [6, 6.07) is 0. The Morgan fingerprint density at radius 1 is 1.33 bits per heavy atom. The number of hydrogen-bond donors (Lipinski definition) is 0. The van der Waals surface area contributed by atoms with Crippen LogP contribution < -0.4 is 0 Å². The average Bonchev–Trinajstić information content (AvgIpc) is 1.65. The molecule has 0 radical (unpaired) electrons. The van der Waals surface area contributed by atoms with Crippen molar-refractivity contribution in [3.05, 3.63) is 0 Å². The molecule has 0 saturated heterocycles. The predicted molar refractivity (Wildman–Crippen MR) is 27.9 cm³/mol. The fraction of sp³-hybridized carbons (Fsp3) is 0. The van der Waals surface area contributed by atoms with Gasteiger partial charge in [-0.2, -0.15) is 10.5 Å². The van der Waals surface area contributed by atoms with Gasteiger partial charge in [-0.25, -0.2) is 0 Å². The lowest BCUT2D eigenvalue weighted by Crippen LogP contribution is -1.36. The van der Waals surface area contributed by atoms with Gasteiger partial charge < -0.3 is 0 Å². The summed E-state index contributed by atoms with van der Waals surface area (Å²) in [5.41, 5.74) is 0. The van der Waals surface area contributed by atoms with E-state index in [1.807, 2.05) is 0 Å². The van der Waals surface area contributed by atoms with E-state index in [0.717, 1.165) is 0 Å². The zero-order valence-electron chi connectivity index (χ0n) is 2.92. The molecule has 0 aliphatic carbocycles. The Morgan fingerprint density at radius 2 is 1.67 bits per heavy atom. The Morgan fingerprint density at radius 3 is 1.67 bits per heavy atom. The zero-order chi connectivity index (χ0) is 4.99. The summed E-state index contributed by atoms with van der Waals surface area (Å²) in [6.45, 7) is 0. The lowest BCUT2D eigenvalue weighted by molar-refractivity contribution is 1.55. The first kappa shape index (κ1) is 5.84. The number of hydrogen-bond acceptors (Lipinski definition) is 2. The molecule has 0 rings (SSSR count). The smallest absolute Gasteiger partial charge is 0.127 e. The van der Waals surface area contributed by atoms with Crippen LogP contribution in [0.25, 0.3) is 0 Å². The molecule has 0 fully saturated rings. The molecule has 30 valence electrons. The largest absolute Gasteiger partial charge is 0.192 e. The maximum absolute atomic E-state index is 7.87. The Hall–Kier alpha value is -0.160. The van der Waals surface area contributed by atoms with Gasteiger partial charge in [0.15, 0.2) is 0 Å². The van der Waals surface area contributed by atoms with Gasteiger partial charge in [-0.1, -0.05) is 8.93 Å². The van der Waals surface area contributed by atoms with Gasteiger partial charge in [0, 0.05) is 0 Å². The van der Waals surface area contributed by atoms with Crippen molar-refractivity contribution in [3.63, 3.8) is 0 Å². The summed E-state index contributed by atoms with van der Waals surface area (Å²) in [6.07, 6.45) is 0. The summed E-state index contributed by atoms with van der Waals surface area (Å²) in [7, 11) is 1.10. The Labute approximate surface area is 39.6 Å². The zero-order valence-corrected chi connectivity index (χ0v) is 4.97. The van der Waals surface area contributed by atoms with Crippen LogP contribution in [0.3, 0.4) is 0 Å². The van der Waals surface area contributed by atoms with Crippen LogP contribution in [0.5, 0.6) is 0 Å². The first-order valence-electron chi connectivity index (χ1n) is 1.15. The van der Waals surface area contributed by atoms with Crippen LogP contribution in [0, 0.1) is 22.1 Å². The van der Waals surface area contributed by atoms with E-state index in [2.05, 4.69) is 8.93 Å². The second kappa shape index (κ2) is 3.05. The third-order valence-electron chi connectivity index (χ3n) is 0.215. The quantitative estimate of drug-likeness (QED) is 0.446. The van der Waals surface area contributed by atoms with Crippen molar-refractivity contribution < 1.29 is 0 Å². The van der Waals surface area contributed by atoms with Crippen LogP contribution in [0.4, 0.5) is 0 Å². The Bertz CT molecular complexity index is 93.7. The van der Waals surface area contributed by atoms with E-state index in [-0.39, 0.29) is 0 Å². The molecule has 0 amide bonds. The lowest BCUT2D eigenvalue weighted by atomic mass is 11.8.